The molecule has 10 atom stereocenters. The Balaban J connectivity index is 1.60. The van der Waals surface area contributed by atoms with E-state index in [9.17, 15) is 35.7 Å². The van der Waals surface area contributed by atoms with Gasteiger partial charge in [0.25, 0.3) is 0 Å². The van der Waals surface area contributed by atoms with Gasteiger partial charge in [0.15, 0.2) is 12.6 Å². The average molecular weight is 451 g/mol. The highest BCUT2D eigenvalue weighted by Crippen LogP contribution is 2.29. The van der Waals surface area contributed by atoms with Gasteiger partial charge in [-0.05, 0) is 6.92 Å². The van der Waals surface area contributed by atoms with Crippen molar-refractivity contribution >= 4 is 0 Å². The van der Waals surface area contributed by atoms with Crippen molar-refractivity contribution in [1.29, 1.82) is 0 Å². The molecule has 1 aromatic rings. The maximum atomic E-state index is 10.5. The molecule has 3 heterocycles. The van der Waals surface area contributed by atoms with E-state index in [1.807, 2.05) is 0 Å². The van der Waals surface area contributed by atoms with Crippen LogP contribution in [-0.2, 0) is 25.5 Å². The SMILES string of the molecule is Cc1cn(CCOC2OC(CO)C(OC3OC(CO)C(O)C(O)C3O)C(O)C2O)nn1. The van der Waals surface area contributed by atoms with E-state index in [1.54, 1.807) is 13.1 Å². The van der Waals surface area contributed by atoms with Crippen LogP contribution in [0.3, 0.4) is 0 Å². The third-order valence-corrected chi connectivity index (χ3v) is 5.22. The number of aliphatic hydroxyl groups is 7. The van der Waals surface area contributed by atoms with E-state index in [-0.39, 0.29) is 6.61 Å². The summed E-state index contributed by atoms with van der Waals surface area (Å²) in [4.78, 5) is 0. The largest absolute Gasteiger partial charge is 0.394 e. The monoisotopic (exact) mass is 451 g/mol. The molecule has 2 aliphatic heterocycles. The van der Waals surface area contributed by atoms with Crippen LogP contribution in [0.1, 0.15) is 5.69 Å². The number of ether oxygens (including phenoxy) is 4. The number of hydrogen-bond donors (Lipinski definition) is 7. The summed E-state index contributed by atoms with van der Waals surface area (Å²) in [5.41, 5.74) is 0.720. The van der Waals surface area contributed by atoms with E-state index in [0.717, 1.165) is 5.69 Å². The molecule has 7 N–H and O–H groups in total. The van der Waals surface area contributed by atoms with E-state index in [4.69, 9.17) is 18.9 Å². The Kier molecular flexibility index (Phi) is 8.28. The van der Waals surface area contributed by atoms with E-state index < -0.39 is 74.6 Å². The van der Waals surface area contributed by atoms with Crippen molar-refractivity contribution in [3.8, 4) is 0 Å². The fraction of sp³-hybridized carbons (Fsp3) is 0.882. The topological polar surface area (TPSA) is 209 Å². The highest BCUT2D eigenvalue weighted by molar-refractivity contribution is 4.94. The van der Waals surface area contributed by atoms with Crippen LogP contribution in [0.4, 0.5) is 0 Å². The summed E-state index contributed by atoms with van der Waals surface area (Å²) in [6.07, 6.45) is -13.1. The quantitative estimate of drug-likeness (QED) is 0.198. The molecule has 0 aromatic carbocycles. The van der Waals surface area contributed by atoms with Gasteiger partial charge in [0.2, 0.25) is 0 Å². The highest BCUT2D eigenvalue weighted by atomic mass is 16.7. The Hall–Kier alpha value is -1.30. The Morgan fingerprint density at radius 2 is 1.55 bits per heavy atom. The molecule has 2 fully saturated rings. The fourth-order valence-electron chi connectivity index (χ4n) is 3.46. The lowest BCUT2D eigenvalue weighted by atomic mass is 9.97. The van der Waals surface area contributed by atoms with Crippen LogP contribution < -0.4 is 0 Å². The van der Waals surface area contributed by atoms with Crippen molar-refractivity contribution in [2.45, 2.75) is 74.9 Å². The van der Waals surface area contributed by atoms with E-state index in [1.165, 1.54) is 4.68 Å². The predicted octanol–water partition coefficient (Wildman–Crippen LogP) is -4.77. The summed E-state index contributed by atoms with van der Waals surface area (Å²) in [5, 5.41) is 77.4. The first-order valence-corrected chi connectivity index (χ1v) is 9.83. The Bertz CT molecular complexity index is 690. The molecule has 0 spiro atoms. The van der Waals surface area contributed by atoms with Gasteiger partial charge in [-0.3, -0.25) is 0 Å². The average Bonchev–Trinajstić information content (AvgIpc) is 3.17. The molecule has 0 amide bonds. The molecular weight excluding hydrogens is 422 g/mol. The number of aliphatic hydroxyl groups excluding tert-OH is 7. The molecule has 0 radical (unpaired) electrons. The summed E-state index contributed by atoms with van der Waals surface area (Å²) < 4.78 is 23.2. The Morgan fingerprint density at radius 3 is 2.16 bits per heavy atom. The first-order chi connectivity index (χ1) is 14.8. The van der Waals surface area contributed by atoms with E-state index in [0.29, 0.717) is 6.54 Å². The zero-order valence-electron chi connectivity index (χ0n) is 16.8. The molecule has 31 heavy (non-hydrogen) atoms. The van der Waals surface area contributed by atoms with Crippen LogP contribution in [0.2, 0.25) is 0 Å². The number of hydrogen-bond acceptors (Lipinski definition) is 13. The summed E-state index contributed by atoms with van der Waals surface area (Å²) in [7, 11) is 0. The molecule has 2 aliphatic rings. The van der Waals surface area contributed by atoms with Crippen LogP contribution in [0.5, 0.6) is 0 Å². The third-order valence-electron chi connectivity index (χ3n) is 5.22. The van der Waals surface area contributed by atoms with Crippen molar-refractivity contribution in [2.75, 3.05) is 19.8 Å². The second-order valence-electron chi connectivity index (χ2n) is 7.50. The lowest BCUT2D eigenvalue weighted by Crippen LogP contribution is -2.64. The van der Waals surface area contributed by atoms with Gasteiger partial charge in [0.1, 0.15) is 48.8 Å². The molecule has 178 valence electrons. The molecule has 3 rings (SSSR count). The molecule has 14 heteroatoms. The minimum Gasteiger partial charge on any atom is -0.394 e. The predicted molar refractivity (Wildman–Crippen MR) is 97.1 cm³/mol. The van der Waals surface area contributed by atoms with Crippen molar-refractivity contribution in [3.05, 3.63) is 11.9 Å². The molecule has 2 saturated heterocycles. The summed E-state index contributed by atoms with van der Waals surface area (Å²) in [6.45, 7) is 0.845. The molecule has 0 bridgehead atoms. The first kappa shape index (κ1) is 24.3. The molecule has 10 unspecified atom stereocenters. The van der Waals surface area contributed by atoms with Crippen molar-refractivity contribution in [3.63, 3.8) is 0 Å². The normalized spacial score (nSPS) is 41.4. The number of aryl methyl sites for hydroxylation is 1. The minimum absolute atomic E-state index is 0.0631. The zero-order chi connectivity index (χ0) is 22.7. The van der Waals surface area contributed by atoms with Crippen LogP contribution in [-0.4, -0.2) is 132 Å². The van der Waals surface area contributed by atoms with Gasteiger partial charge in [0, 0.05) is 6.20 Å². The van der Waals surface area contributed by atoms with Crippen molar-refractivity contribution in [1.82, 2.24) is 15.0 Å². The second kappa shape index (κ2) is 10.5. The van der Waals surface area contributed by atoms with Gasteiger partial charge < -0.3 is 54.7 Å². The molecule has 1 aromatic heterocycles. The first-order valence-electron chi connectivity index (χ1n) is 9.83. The molecule has 14 nitrogen and oxygen atoms in total. The molecular formula is C17H29N3O11. The molecule has 0 saturated carbocycles. The Morgan fingerprint density at radius 1 is 0.903 bits per heavy atom. The fourth-order valence-corrected chi connectivity index (χ4v) is 3.46. The summed E-state index contributed by atoms with van der Waals surface area (Å²) in [6, 6.07) is 0. The summed E-state index contributed by atoms with van der Waals surface area (Å²) >= 11 is 0. The Labute approximate surface area is 177 Å². The number of nitrogens with zero attached hydrogens (tertiary/aromatic N) is 3. The highest BCUT2D eigenvalue weighted by Gasteiger charge is 2.50. The number of rotatable bonds is 8. The van der Waals surface area contributed by atoms with Gasteiger partial charge in [0.05, 0.1) is 32.1 Å². The lowest BCUT2D eigenvalue weighted by molar-refractivity contribution is -0.359. The third kappa shape index (κ3) is 5.37. The zero-order valence-corrected chi connectivity index (χ0v) is 16.8. The van der Waals surface area contributed by atoms with Gasteiger partial charge in [-0.2, -0.15) is 0 Å². The molecule has 0 aliphatic carbocycles. The van der Waals surface area contributed by atoms with E-state index in [2.05, 4.69) is 10.3 Å². The minimum atomic E-state index is -1.72. The maximum absolute atomic E-state index is 10.5. The van der Waals surface area contributed by atoms with Crippen molar-refractivity contribution in [2.24, 2.45) is 0 Å². The lowest BCUT2D eigenvalue weighted by Gasteiger charge is -2.45. The maximum Gasteiger partial charge on any atom is 0.187 e. The van der Waals surface area contributed by atoms with E-state index >= 15 is 0 Å². The van der Waals surface area contributed by atoms with Crippen molar-refractivity contribution < 1.29 is 54.7 Å². The van der Waals surface area contributed by atoms with Gasteiger partial charge in [-0.1, -0.05) is 5.21 Å². The summed E-state index contributed by atoms with van der Waals surface area (Å²) in [5.74, 6) is 0. The standard InChI is InChI=1S/C17H29N3O11/c1-7-4-20(19-18-7)2-3-28-16-14(27)12(25)15(9(6-22)30-16)31-17-13(26)11(24)10(23)8(5-21)29-17/h4,8-17,21-27H,2-3,5-6H2,1H3. The van der Waals surface area contributed by atoms with Crippen LogP contribution >= 0.6 is 0 Å². The van der Waals surface area contributed by atoms with Crippen LogP contribution in [0, 0.1) is 6.92 Å². The van der Waals surface area contributed by atoms with Gasteiger partial charge in [-0.15, -0.1) is 5.10 Å². The number of aromatic nitrogens is 3. The van der Waals surface area contributed by atoms with Crippen LogP contribution in [0.25, 0.3) is 0 Å². The second-order valence-corrected chi connectivity index (χ2v) is 7.50. The van der Waals surface area contributed by atoms with Crippen LogP contribution in [0.15, 0.2) is 6.20 Å². The van der Waals surface area contributed by atoms with Gasteiger partial charge in [-0.25, -0.2) is 4.68 Å². The smallest absolute Gasteiger partial charge is 0.187 e. The van der Waals surface area contributed by atoms with Gasteiger partial charge >= 0.3 is 0 Å².